The summed E-state index contributed by atoms with van der Waals surface area (Å²) in [7, 11) is 4.10. The predicted octanol–water partition coefficient (Wildman–Crippen LogP) is 2.23. The molecule has 2 N–H and O–H groups in total. The van der Waals surface area contributed by atoms with Gasteiger partial charge in [-0.25, -0.2) is 4.99 Å². The highest BCUT2D eigenvalue weighted by atomic mass is 16.5. The maximum Gasteiger partial charge on any atom is 0.191 e. The van der Waals surface area contributed by atoms with Crippen LogP contribution >= 0.6 is 0 Å². The number of nitrogens with one attached hydrogen (secondary N) is 2. The summed E-state index contributed by atoms with van der Waals surface area (Å²) in [5, 5.41) is 6.60. The van der Waals surface area contributed by atoms with Crippen LogP contribution in [-0.2, 0) is 11.3 Å². The van der Waals surface area contributed by atoms with Gasteiger partial charge in [-0.3, -0.25) is 0 Å². The summed E-state index contributed by atoms with van der Waals surface area (Å²) < 4.78 is 5.34. The second-order valence-electron chi connectivity index (χ2n) is 5.24. The van der Waals surface area contributed by atoms with Crippen molar-refractivity contribution in [1.82, 2.24) is 10.6 Å². The van der Waals surface area contributed by atoms with E-state index in [-0.39, 0.29) is 0 Å². The molecule has 1 rings (SSSR count). The zero-order valence-corrected chi connectivity index (χ0v) is 14.4. The lowest BCUT2D eigenvalue weighted by Crippen LogP contribution is -2.38. The van der Waals surface area contributed by atoms with E-state index in [2.05, 4.69) is 51.7 Å². The van der Waals surface area contributed by atoms with Gasteiger partial charge in [-0.1, -0.05) is 12.1 Å². The Morgan fingerprint density at radius 2 is 2.05 bits per heavy atom. The van der Waals surface area contributed by atoms with Crippen molar-refractivity contribution in [3.8, 4) is 0 Å². The molecule has 0 atom stereocenters. The zero-order chi connectivity index (χ0) is 16.2. The lowest BCUT2D eigenvalue weighted by atomic mass is 10.2. The van der Waals surface area contributed by atoms with Gasteiger partial charge in [0.05, 0.1) is 6.54 Å². The predicted molar refractivity (Wildman–Crippen MR) is 94.7 cm³/mol. The maximum absolute atomic E-state index is 5.34. The highest BCUT2D eigenvalue weighted by Gasteiger charge is 1.99. The van der Waals surface area contributed by atoms with Crippen LogP contribution in [0.25, 0.3) is 0 Å². The van der Waals surface area contributed by atoms with Crippen LogP contribution in [0.5, 0.6) is 0 Å². The number of hydrogen-bond acceptors (Lipinski definition) is 3. The Balaban J connectivity index is 2.52. The van der Waals surface area contributed by atoms with Crippen molar-refractivity contribution in [2.24, 2.45) is 4.99 Å². The summed E-state index contributed by atoms with van der Waals surface area (Å²) >= 11 is 0. The molecule has 0 aliphatic rings. The van der Waals surface area contributed by atoms with Crippen molar-refractivity contribution < 1.29 is 4.74 Å². The summed E-state index contributed by atoms with van der Waals surface area (Å²) in [6.07, 6.45) is 0.981. The molecule has 0 aliphatic carbocycles. The average molecular weight is 306 g/mol. The quantitative estimate of drug-likeness (QED) is 0.417. The van der Waals surface area contributed by atoms with Gasteiger partial charge in [0, 0.05) is 46.1 Å². The molecule has 0 unspecified atom stereocenters. The Hall–Kier alpha value is -1.75. The SMILES string of the molecule is CCNC(=NCc1cccc(N(C)C)c1)NCCCOCC. The summed E-state index contributed by atoms with van der Waals surface area (Å²) in [4.78, 5) is 6.74. The van der Waals surface area contributed by atoms with Gasteiger partial charge in [-0.2, -0.15) is 0 Å². The first-order valence-electron chi connectivity index (χ1n) is 8.03. The van der Waals surface area contributed by atoms with Crippen LogP contribution in [-0.4, -0.2) is 46.4 Å². The van der Waals surface area contributed by atoms with Crippen LogP contribution in [0.4, 0.5) is 5.69 Å². The van der Waals surface area contributed by atoms with Gasteiger partial charge >= 0.3 is 0 Å². The monoisotopic (exact) mass is 306 g/mol. The smallest absolute Gasteiger partial charge is 0.191 e. The number of anilines is 1. The molecule has 1 aromatic carbocycles. The van der Waals surface area contributed by atoms with Gasteiger partial charge < -0.3 is 20.3 Å². The number of hydrogen-bond donors (Lipinski definition) is 2. The van der Waals surface area contributed by atoms with Gasteiger partial charge in [-0.05, 0) is 38.0 Å². The van der Waals surface area contributed by atoms with Gasteiger partial charge in [0.25, 0.3) is 0 Å². The van der Waals surface area contributed by atoms with E-state index in [1.54, 1.807) is 0 Å². The Morgan fingerprint density at radius 1 is 1.23 bits per heavy atom. The van der Waals surface area contributed by atoms with Crippen molar-refractivity contribution in [3.63, 3.8) is 0 Å². The molecule has 0 aromatic heterocycles. The van der Waals surface area contributed by atoms with Crippen molar-refractivity contribution in [1.29, 1.82) is 0 Å². The molecule has 5 heteroatoms. The molecule has 0 amide bonds. The van der Waals surface area contributed by atoms with Crippen LogP contribution in [0.2, 0.25) is 0 Å². The number of ether oxygens (including phenoxy) is 1. The van der Waals surface area contributed by atoms with Gasteiger partial charge in [-0.15, -0.1) is 0 Å². The largest absolute Gasteiger partial charge is 0.382 e. The maximum atomic E-state index is 5.34. The molecular weight excluding hydrogens is 276 g/mol. The van der Waals surface area contributed by atoms with Crippen LogP contribution in [0.1, 0.15) is 25.8 Å². The zero-order valence-electron chi connectivity index (χ0n) is 14.4. The van der Waals surface area contributed by atoms with E-state index in [1.165, 1.54) is 11.3 Å². The Kier molecular flexibility index (Phi) is 9.07. The highest BCUT2D eigenvalue weighted by Crippen LogP contribution is 2.13. The third-order valence-corrected chi connectivity index (χ3v) is 3.15. The van der Waals surface area contributed by atoms with Crippen molar-refractivity contribution in [3.05, 3.63) is 29.8 Å². The Labute approximate surface area is 134 Å². The fourth-order valence-corrected chi connectivity index (χ4v) is 1.97. The Bertz CT molecular complexity index is 446. The van der Waals surface area contributed by atoms with E-state index in [0.29, 0.717) is 6.54 Å². The standard InChI is InChI=1S/C17H30N4O/c1-5-18-17(19-11-8-12-22-6-2)20-14-15-9-7-10-16(13-15)21(3)4/h7,9-10,13H,5-6,8,11-12,14H2,1-4H3,(H2,18,19,20). The molecule has 0 saturated carbocycles. The molecule has 0 bridgehead atoms. The molecule has 124 valence electrons. The number of aliphatic imine (C=N–C) groups is 1. The third kappa shape index (κ3) is 7.31. The van der Waals surface area contributed by atoms with Gasteiger partial charge in [0.1, 0.15) is 0 Å². The van der Waals surface area contributed by atoms with Crippen molar-refractivity contribution in [2.75, 3.05) is 45.3 Å². The molecule has 1 aromatic rings. The molecule has 0 fully saturated rings. The second-order valence-corrected chi connectivity index (χ2v) is 5.24. The third-order valence-electron chi connectivity index (χ3n) is 3.15. The average Bonchev–Trinajstić information content (AvgIpc) is 2.52. The molecule has 0 heterocycles. The van der Waals surface area contributed by atoms with E-state index in [0.717, 1.165) is 38.7 Å². The van der Waals surface area contributed by atoms with Gasteiger partial charge in [0.15, 0.2) is 5.96 Å². The summed E-state index contributed by atoms with van der Waals surface area (Å²) in [6, 6.07) is 8.45. The second kappa shape index (κ2) is 10.9. The lowest BCUT2D eigenvalue weighted by Gasteiger charge is -2.14. The summed E-state index contributed by atoms with van der Waals surface area (Å²) in [6.45, 7) is 8.04. The highest BCUT2D eigenvalue weighted by molar-refractivity contribution is 5.79. The van der Waals surface area contributed by atoms with E-state index >= 15 is 0 Å². The van der Waals surface area contributed by atoms with Crippen LogP contribution < -0.4 is 15.5 Å². The lowest BCUT2D eigenvalue weighted by molar-refractivity contribution is 0.145. The summed E-state index contributed by atoms with van der Waals surface area (Å²) in [5.41, 5.74) is 2.40. The first-order valence-corrected chi connectivity index (χ1v) is 8.03. The van der Waals surface area contributed by atoms with E-state index in [4.69, 9.17) is 4.74 Å². The normalized spacial score (nSPS) is 11.4. The number of guanidine groups is 1. The molecule has 22 heavy (non-hydrogen) atoms. The molecule has 0 aliphatic heterocycles. The number of rotatable bonds is 9. The van der Waals surface area contributed by atoms with Crippen LogP contribution in [0, 0.1) is 0 Å². The topological polar surface area (TPSA) is 48.9 Å². The molecule has 0 spiro atoms. The minimum atomic E-state index is 0.669. The van der Waals surface area contributed by atoms with Crippen molar-refractivity contribution >= 4 is 11.6 Å². The van der Waals surface area contributed by atoms with Gasteiger partial charge in [0.2, 0.25) is 0 Å². The van der Waals surface area contributed by atoms with Crippen LogP contribution in [0.15, 0.2) is 29.3 Å². The fraction of sp³-hybridized carbons (Fsp3) is 0.588. The van der Waals surface area contributed by atoms with Crippen LogP contribution in [0.3, 0.4) is 0 Å². The van der Waals surface area contributed by atoms with Crippen molar-refractivity contribution in [2.45, 2.75) is 26.8 Å². The molecule has 5 nitrogen and oxygen atoms in total. The molecule has 0 saturated heterocycles. The molecule has 0 radical (unpaired) electrons. The minimum Gasteiger partial charge on any atom is -0.382 e. The van der Waals surface area contributed by atoms with E-state index in [1.807, 2.05) is 21.0 Å². The first kappa shape index (κ1) is 18.3. The fourth-order valence-electron chi connectivity index (χ4n) is 1.97. The molecular formula is C17H30N4O. The minimum absolute atomic E-state index is 0.669. The number of benzene rings is 1. The summed E-state index contributed by atoms with van der Waals surface area (Å²) in [5.74, 6) is 0.856. The van der Waals surface area contributed by atoms with E-state index < -0.39 is 0 Å². The van der Waals surface area contributed by atoms with E-state index in [9.17, 15) is 0 Å². The Morgan fingerprint density at radius 3 is 2.73 bits per heavy atom. The first-order chi connectivity index (χ1) is 10.7. The number of nitrogens with zero attached hydrogens (tertiary/aromatic N) is 2.